The Bertz CT molecular complexity index is 1280. The van der Waals surface area contributed by atoms with Crippen molar-refractivity contribution in [3.63, 3.8) is 0 Å². The smallest absolute Gasteiger partial charge is 0.244 e. The van der Waals surface area contributed by atoms with Crippen molar-refractivity contribution >= 4 is 17.7 Å². The van der Waals surface area contributed by atoms with E-state index in [4.69, 9.17) is 0 Å². The summed E-state index contributed by atoms with van der Waals surface area (Å²) in [6.45, 7) is 1.48. The summed E-state index contributed by atoms with van der Waals surface area (Å²) in [6.07, 6.45) is 3.50. The largest absolute Gasteiger partial charge is 0.344 e. The van der Waals surface area contributed by atoms with E-state index in [1.165, 1.54) is 6.92 Å². The molecule has 1 aliphatic heterocycles. The van der Waals surface area contributed by atoms with Crippen LogP contribution in [0.4, 0.5) is 8.78 Å². The van der Waals surface area contributed by atoms with E-state index in [1.807, 2.05) is 72.8 Å². The van der Waals surface area contributed by atoms with E-state index in [-0.39, 0.29) is 23.9 Å². The number of hydrogen-bond acceptors (Lipinski definition) is 3. The molecule has 4 atom stereocenters. The summed E-state index contributed by atoms with van der Waals surface area (Å²) in [4.78, 5) is 38.8. The Labute approximate surface area is 213 Å². The van der Waals surface area contributed by atoms with Gasteiger partial charge in [0.15, 0.2) is 0 Å². The van der Waals surface area contributed by atoms with Crippen LogP contribution in [0, 0.1) is 11.6 Å². The highest BCUT2D eigenvalue weighted by Crippen LogP contribution is 2.27. The van der Waals surface area contributed by atoms with Gasteiger partial charge in [0, 0.05) is 12.0 Å². The van der Waals surface area contributed by atoms with Gasteiger partial charge in [-0.2, -0.15) is 0 Å². The van der Waals surface area contributed by atoms with Crippen LogP contribution in [0.3, 0.4) is 0 Å². The first kappa shape index (κ1) is 25.8. The van der Waals surface area contributed by atoms with Crippen LogP contribution in [-0.4, -0.2) is 29.8 Å². The molecule has 1 heterocycles. The van der Waals surface area contributed by atoms with Gasteiger partial charge in [0.2, 0.25) is 17.7 Å². The van der Waals surface area contributed by atoms with E-state index in [0.29, 0.717) is 0 Å². The molecule has 4 rings (SSSR count). The summed E-state index contributed by atoms with van der Waals surface area (Å²) in [7, 11) is 0. The fourth-order valence-electron chi connectivity index (χ4n) is 4.32. The highest BCUT2D eigenvalue weighted by molar-refractivity contribution is 5.93. The summed E-state index contributed by atoms with van der Waals surface area (Å²) >= 11 is 0. The predicted molar refractivity (Wildman–Crippen MR) is 135 cm³/mol. The van der Waals surface area contributed by atoms with Gasteiger partial charge in [-0.15, -0.1) is 0 Å². The Kier molecular flexibility index (Phi) is 8.08. The minimum absolute atomic E-state index is 0.145. The molecule has 1 aliphatic rings. The fraction of sp³-hybridized carbons (Fsp3) is 0.207. The summed E-state index contributed by atoms with van der Waals surface area (Å²) in [6, 6.07) is 19.4. The van der Waals surface area contributed by atoms with Crippen molar-refractivity contribution in [1.29, 1.82) is 0 Å². The molecule has 3 N–H and O–H groups in total. The Balaban J connectivity index is 1.48. The molecule has 6 nitrogen and oxygen atoms in total. The molecule has 190 valence electrons. The molecule has 0 radical (unpaired) electrons. The van der Waals surface area contributed by atoms with E-state index < -0.39 is 41.5 Å². The zero-order valence-electron chi connectivity index (χ0n) is 20.2. The van der Waals surface area contributed by atoms with E-state index >= 15 is 0 Å². The quantitative estimate of drug-likeness (QED) is 0.430. The maximum atomic E-state index is 13.4. The molecule has 0 fully saturated rings. The lowest BCUT2D eigenvalue weighted by Gasteiger charge is -2.26. The summed E-state index contributed by atoms with van der Waals surface area (Å²) in [5.74, 6) is -3.54. The van der Waals surface area contributed by atoms with Gasteiger partial charge in [0.1, 0.15) is 23.7 Å². The average Bonchev–Trinajstić information content (AvgIpc) is 3.03. The predicted octanol–water partition coefficient (Wildman–Crippen LogP) is 3.71. The number of rotatable bonds is 7. The van der Waals surface area contributed by atoms with Gasteiger partial charge in [-0.25, -0.2) is 8.78 Å². The maximum Gasteiger partial charge on any atom is 0.244 e. The standard InChI is InChI=1S/C29H27F2N3O3/c1-18(32-26(35)16-19-14-22(30)17-23(31)15-19)28(36)34-27-24(20-8-4-2-5-9-20)12-13-25(33-29(27)37)21-10-6-3-7-11-21/h2-15,17-18,24-25,27H,16H2,1H3,(H,32,35)(H,33,37)(H,34,36)/t18-,24-,25-,27-/m0/s1. The number of carbonyl (C=O) groups is 3. The SMILES string of the molecule is C[C@H](NC(=O)Cc1cc(F)cc(F)c1)C(=O)N[C@@H]1C(=O)N[C@H](c2ccccc2)C=C[C@H]1c1ccccc1. The summed E-state index contributed by atoms with van der Waals surface area (Å²) < 4.78 is 26.9. The molecular weight excluding hydrogens is 476 g/mol. The van der Waals surface area contributed by atoms with Gasteiger partial charge >= 0.3 is 0 Å². The molecule has 8 heteroatoms. The zero-order valence-corrected chi connectivity index (χ0v) is 20.2. The molecule has 0 aliphatic carbocycles. The second-order valence-corrected chi connectivity index (χ2v) is 8.95. The normalized spacial score (nSPS) is 19.9. The monoisotopic (exact) mass is 503 g/mol. The third-order valence-corrected chi connectivity index (χ3v) is 6.15. The number of hydrogen-bond donors (Lipinski definition) is 3. The van der Waals surface area contributed by atoms with E-state index in [0.717, 1.165) is 29.3 Å². The van der Waals surface area contributed by atoms with Gasteiger partial charge in [0.05, 0.1) is 12.5 Å². The molecule has 3 aromatic rings. The first-order valence-corrected chi connectivity index (χ1v) is 11.9. The molecule has 3 aromatic carbocycles. The molecule has 0 saturated heterocycles. The van der Waals surface area contributed by atoms with Crippen LogP contribution in [0.15, 0.2) is 91.0 Å². The lowest BCUT2D eigenvalue weighted by molar-refractivity contribution is -0.131. The Hall–Kier alpha value is -4.33. The van der Waals surface area contributed by atoms with Crippen molar-refractivity contribution in [3.8, 4) is 0 Å². The average molecular weight is 504 g/mol. The van der Waals surface area contributed by atoms with Gasteiger partial charge in [-0.3, -0.25) is 14.4 Å². The van der Waals surface area contributed by atoms with Gasteiger partial charge in [0.25, 0.3) is 0 Å². The van der Waals surface area contributed by atoms with Crippen molar-refractivity contribution in [3.05, 3.63) is 119 Å². The summed E-state index contributed by atoms with van der Waals surface area (Å²) in [5.41, 5.74) is 1.89. The highest BCUT2D eigenvalue weighted by Gasteiger charge is 2.34. The van der Waals surface area contributed by atoms with Gasteiger partial charge in [-0.1, -0.05) is 72.8 Å². The molecule has 3 amide bonds. The number of amides is 3. The summed E-state index contributed by atoms with van der Waals surface area (Å²) in [5, 5.41) is 8.28. The number of benzene rings is 3. The third kappa shape index (κ3) is 6.67. The third-order valence-electron chi connectivity index (χ3n) is 6.15. The second kappa shape index (κ2) is 11.6. The highest BCUT2D eigenvalue weighted by atomic mass is 19.1. The van der Waals surface area contributed by atoms with Crippen LogP contribution in [0.2, 0.25) is 0 Å². The molecule has 0 saturated carbocycles. The lowest BCUT2D eigenvalue weighted by Crippen LogP contribution is -2.54. The van der Waals surface area contributed by atoms with Crippen LogP contribution >= 0.6 is 0 Å². The topological polar surface area (TPSA) is 87.3 Å². The van der Waals surface area contributed by atoms with Crippen molar-refractivity contribution in [2.24, 2.45) is 0 Å². The van der Waals surface area contributed by atoms with Crippen LogP contribution in [0.25, 0.3) is 0 Å². The molecule has 0 aromatic heterocycles. The minimum atomic E-state index is -0.993. The Morgan fingerprint density at radius 1 is 0.892 bits per heavy atom. The van der Waals surface area contributed by atoms with Crippen LogP contribution in [0.1, 0.15) is 35.6 Å². The van der Waals surface area contributed by atoms with Crippen molar-refractivity contribution in [2.75, 3.05) is 0 Å². The number of carbonyl (C=O) groups excluding carboxylic acids is 3. The van der Waals surface area contributed by atoms with E-state index in [2.05, 4.69) is 16.0 Å². The maximum absolute atomic E-state index is 13.4. The van der Waals surface area contributed by atoms with Crippen molar-refractivity contribution in [2.45, 2.75) is 37.4 Å². The number of nitrogens with one attached hydrogen (secondary N) is 3. The molecule has 37 heavy (non-hydrogen) atoms. The number of halogens is 2. The second-order valence-electron chi connectivity index (χ2n) is 8.95. The Morgan fingerprint density at radius 2 is 1.49 bits per heavy atom. The van der Waals surface area contributed by atoms with Crippen molar-refractivity contribution in [1.82, 2.24) is 16.0 Å². The first-order valence-electron chi connectivity index (χ1n) is 11.9. The van der Waals surface area contributed by atoms with Crippen LogP contribution in [-0.2, 0) is 20.8 Å². The van der Waals surface area contributed by atoms with E-state index in [9.17, 15) is 23.2 Å². The first-order chi connectivity index (χ1) is 17.8. The molecule has 0 spiro atoms. The molecule has 0 unspecified atom stereocenters. The minimum Gasteiger partial charge on any atom is -0.344 e. The fourth-order valence-corrected chi connectivity index (χ4v) is 4.32. The van der Waals surface area contributed by atoms with Crippen LogP contribution in [0.5, 0.6) is 0 Å². The van der Waals surface area contributed by atoms with Gasteiger partial charge in [-0.05, 0) is 35.7 Å². The molecule has 0 bridgehead atoms. The van der Waals surface area contributed by atoms with Crippen molar-refractivity contribution < 1.29 is 23.2 Å². The van der Waals surface area contributed by atoms with E-state index in [1.54, 1.807) is 0 Å². The van der Waals surface area contributed by atoms with Gasteiger partial charge < -0.3 is 16.0 Å². The zero-order chi connectivity index (χ0) is 26.4. The molecular formula is C29H27F2N3O3. The lowest BCUT2D eigenvalue weighted by atomic mass is 9.90. The van der Waals surface area contributed by atoms with Crippen LogP contribution < -0.4 is 16.0 Å². The Morgan fingerprint density at radius 3 is 2.11 bits per heavy atom.